The summed E-state index contributed by atoms with van der Waals surface area (Å²) in [5, 5.41) is 0. The van der Waals surface area contributed by atoms with E-state index in [-0.39, 0.29) is 5.82 Å². The van der Waals surface area contributed by atoms with Crippen molar-refractivity contribution in [1.29, 1.82) is 0 Å². The van der Waals surface area contributed by atoms with Crippen LogP contribution in [-0.2, 0) is 0 Å². The van der Waals surface area contributed by atoms with Crippen LogP contribution in [0.5, 0.6) is 0 Å². The Hall–Kier alpha value is -0.850. The second-order valence-electron chi connectivity index (χ2n) is 3.79. The highest BCUT2D eigenvalue weighted by molar-refractivity contribution is 5.27. The van der Waals surface area contributed by atoms with Gasteiger partial charge in [-0.3, -0.25) is 0 Å². The van der Waals surface area contributed by atoms with Crippen LogP contribution in [0.3, 0.4) is 0 Å². The van der Waals surface area contributed by atoms with Gasteiger partial charge in [0.25, 0.3) is 0 Å². The van der Waals surface area contributed by atoms with Crippen molar-refractivity contribution in [3.8, 4) is 0 Å². The van der Waals surface area contributed by atoms with Crippen LogP contribution in [0.1, 0.15) is 37.7 Å². The predicted octanol–water partition coefficient (Wildman–Crippen LogP) is 3.69. The Morgan fingerprint density at radius 1 is 1.31 bits per heavy atom. The molecule has 1 unspecified atom stereocenters. The maximum absolute atomic E-state index is 12.9. The maximum atomic E-state index is 12.9. The van der Waals surface area contributed by atoms with Crippen LogP contribution in [-0.4, -0.2) is 0 Å². The molecule has 69 valence electrons. The molecule has 0 heterocycles. The maximum Gasteiger partial charge on any atom is 0.123 e. The van der Waals surface area contributed by atoms with Gasteiger partial charge in [-0.1, -0.05) is 25.5 Å². The molecule has 0 N–H and O–H groups in total. The van der Waals surface area contributed by atoms with Crippen molar-refractivity contribution in [2.24, 2.45) is 0 Å². The largest absolute Gasteiger partial charge is 0.207 e. The predicted molar refractivity (Wildman–Crippen MR) is 51.9 cm³/mol. The summed E-state index contributed by atoms with van der Waals surface area (Å²) in [7, 11) is 0. The Morgan fingerprint density at radius 3 is 2.62 bits per heavy atom. The molecule has 13 heavy (non-hydrogen) atoms. The third kappa shape index (κ3) is 1.74. The van der Waals surface area contributed by atoms with Crippen molar-refractivity contribution in [2.45, 2.75) is 32.1 Å². The first kappa shape index (κ1) is 8.74. The third-order valence-electron chi connectivity index (χ3n) is 2.96. The summed E-state index contributed by atoms with van der Waals surface area (Å²) in [6.07, 6.45) is 3.78. The SMILES string of the molecule is CC([C]1CCC1)c1cccc(F)c1. The van der Waals surface area contributed by atoms with E-state index < -0.39 is 0 Å². The molecule has 1 aromatic carbocycles. The van der Waals surface area contributed by atoms with Gasteiger partial charge in [-0.15, -0.1) is 0 Å². The van der Waals surface area contributed by atoms with E-state index in [0.29, 0.717) is 5.92 Å². The summed E-state index contributed by atoms with van der Waals surface area (Å²) >= 11 is 0. The topological polar surface area (TPSA) is 0 Å². The molecule has 0 aromatic heterocycles. The lowest BCUT2D eigenvalue weighted by molar-refractivity contribution is 0.480. The molecule has 0 amide bonds. The van der Waals surface area contributed by atoms with E-state index in [1.165, 1.54) is 25.3 Å². The fraction of sp³-hybridized carbons (Fsp3) is 0.417. The van der Waals surface area contributed by atoms with Crippen LogP contribution in [0.25, 0.3) is 0 Å². The zero-order valence-electron chi connectivity index (χ0n) is 7.89. The second-order valence-corrected chi connectivity index (χ2v) is 3.79. The molecule has 1 saturated carbocycles. The van der Waals surface area contributed by atoms with Gasteiger partial charge >= 0.3 is 0 Å². The van der Waals surface area contributed by atoms with Gasteiger partial charge in [0.15, 0.2) is 0 Å². The van der Waals surface area contributed by atoms with E-state index in [9.17, 15) is 4.39 Å². The highest BCUT2D eigenvalue weighted by atomic mass is 19.1. The van der Waals surface area contributed by atoms with E-state index in [0.717, 1.165) is 5.56 Å². The van der Waals surface area contributed by atoms with Gasteiger partial charge in [0.1, 0.15) is 5.82 Å². The molecule has 0 aliphatic heterocycles. The third-order valence-corrected chi connectivity index (χ3v) is 2.96. The average molecular weight is 177 g/mol. The summed E-state index contributed by atoms with van der Waals surface area (Å²) < 4.78 is 12.9. The summed E-state index contributed by atoms with van der Waals surface area (Å²) in [4.78, 5) is 0. The van der Waals surface area contributed by atoms with Gasteiger partial charge in [0.2, 0.25) is 0 Å². The van der Waals surface area contributed by atoms with Crippen LogP contribution < -0.4 is 0 Å². The van der Waals surface area contributed by atoms with Crippen molar-refractivity contribution in [2.75, 3.05) is 0 Å². The fourth-order valence-electron chi connectivity index (χ4n) is 1.83. The smallest absolute Gasteiger partial charge is 0.123 e. The Bertz CT molecular complexity index is 289. The van der Waals surface area contributed by atoms with Gasteiger partial charge in [0.05, 0.1) is 0 Å². The highest BCUT2D eigenvalue weighted by Crippen LogP contribution is 2.40. The number of hydrogen-bond acceptors (Lipinski definition) is 0. The molecule has 1 aliphatic carbocycles. The molecule has 0 spiro atoms. The van der Waals surface area contributed by atoms with Gasteiger partial charge in [-0.25, -0.2) is 4.39 Å². The normalized spacial score (nSPS) is 19.5. The van der Waals surface area contributed by atoms with Crippen molar-refractivity contribution >= 4 is 0 Å². The molecule has 0 nitrogen and oxygen atoms in total. The minimum Gasteiger partial charge on any atom is -0.207 e. The highest BCUT2D eigenvalue weighted by Gasteiger charge is 2.25. The monoisotopic (exact) mass is 177 g/mol. The summed E-state index contributed by atoms with van der Waals surface area (Å²) in [5.41, 5.74) is 1.12. The van der Waals surface area contributed by atoms with Crippen molar-refractivity contribution in [3.05, 3.63) is 41.6 Å². The number of benzene rings is 1. The Balaban J connectivity index is 2.14. The van der Waals surface area contributed by atoms with E-state index in [1.54, 1.807) is 18.1 Å². The summed E-state index contributed by atoms with van der Waals surface area (Å²) in [6.45, 7) is 2.17. The molecule has 0 bridgehead atoms. The summed E-state index contributed by atoms with van der Waals surface area (Å²) in [6, 6.07) is 6.96. The number of halogens is 1. The van der Waals surface area contributed by atoms with Crippen molar-refractivity contribution < 1.29 is 4.39 Å². The molecule has 1 fully saturated rings. The van der Waals surface area contributed by atoms with E-state index in [1.807, 2.05) is 6.07 Å². The first-order chi connectivity index (χ1) is 6.27. The number of hydrogen-bond donors (Lipinski definition) is 0. The Labute approximate surface area is 78.8 Å². The van der Waals surface area contributed by atoms with Crippen molar-refractivity contribution in [3.63, 3.8) is 0 Å². The van der Waals surface area contributed by atoms with Crippen LogP contribution in [0, 0.1) is 11.7 Å². The van der Waals surface area contributed by atoms with Gasteiger partial charge in [-0.2, -0.15) is 0 Å². The standard InChI is InChI=1S/C12H14F/c1-9(10-4-2-5-10)11-6-3-7-12(13)8-11/h3,6-9H,2,4-5H2,1H3. The fourth-order valence-corrected chi connectivity index (χ4v) is 1.83. The molecule has 1 atom stereocenters. The van der Waals surface area contributed by atoms with Crippen LogP contribution in [0.4, 0.5) is 4.39 Å². The molecule has 1 aromatic rings. The van der Waals surface area contributed by atoms with Gasteiger partial charge in [-0.05, 0) is 42.4 Å². The molecular formula is C12H14F. The average Bonchev–Trinajstić information content (AvgIpc) is 2.01. The minimum atomic E-state index is -0.121. The molecule has 2 rings (SSSR count). The molecule has 1 aliphatic rings. The quantitative estimate of drug-likeness (QED) is 0.646. The lowest BCUT2D eigenvalue weighted by Crippen LogP contribution is -2.15. The zero-order chi connectivity index (χ0) is 9.26. The summed E-state index contributed by atoms with van der Waals surface area (Å²) in [5.74, 6) is 1.90. The van der Waals surface area contributed by atoms with Crippen molar-refractivity contribution in [1.82, 2.24) is 0 Å². The Kier molecular flexibility index (Phi) is 2.34. The van der Waals surface area contributed by atoms with E-state index >= 15 is 0 Å². The lowest BCUT2D eigenvalue weighted by Gasteiger charge is -2.31. The van der Waals surface area contributed by atoms with E-state index in [2.05, 4.69) is 6.92 Å². The lowest BCUT2D eigenvalue weighted by atomic mass is 9.74. The Morgan fingerprint density at radius 2 is 2.08 bits per heavy atom. The van der Waals surface area contributed by atoms with Gasteiger partial charge < -0.3 is 0 Å². The number of rotatable bonds is 2. The van der Waals surface area contributed by atoms with Gasteiger partial charge in [0, 0.05) is 0 Å². The molecule has 1 heteroatoms. The van der Waals surface area contributed by atoms with E-state index in [4.69, 9.17) is 0 Å². The minimum absolute atomic E-state index is 0.121. The zero-order valence-corrected chi connectivity index (χ0v) is 7.89. The van der Waals surface area contributed by atoms with Crippen LogP contribution in [0.2, 0.25) is 0 Å². The first-order valence-corrected chi connectivity index (χ1v) is 4.87. The molecule has 0 saturated heterocycles. The van der Waals surface area contributed by atoms with Crippen LogP contribution >= 0.6 is 0 Å². The second kappa shape index (κ2) is 3.49. The molecule has 1 radical (unpaired) electrons. The first-order valence-electron chi connectivity index (χ1n) is 4.87. The van der Waals surface area contributed by atoms with Crippen LogP contribution in [0.15, 0.2) is 24.3 Å². The molecular weight excluding hydrogens is 163 g/mol.